The van der Waals surface area contributed by atoms with Gasteiger partial charge in [-0.25, -0.2) is 18.9 Å². The highest BCUT2D eigenvalue weighted by molar-refractivity contribution is 9.10. The molecule has 2 atom stereocenters. The monoisotopic (exact) mass is 644 g/mol. The van der Waals surface area contributed by atoms with E-state index in [-0.39, 0.29) is 46.0 Å². The molecule has 2 aliphatic rings. The molecule has 0 bridgehead atoms. The molecule has 5 rings (SSSR count). The molecule has 2 fully saturated rings. The average molecular weight is 645 g/mol. The van der Waals surface area contributed by atoms with Gasteiger partial charge in [0.15, 0.2) is 11.3 Å². The summed E-state index contributed by atoms with van der Waals surface area (Å²) in [5.41, 5.74) is -1.70. The Hall–Kier alpha value is -2.74. The Bertz CT molecular complexity index is 1470. The lowest BCUT2D eigenvalue weighted by atomic mass is 10.0. The standard InChI is InChI=1S/C27H33BrF4N6O3/c1-14(18-7-6-10-36(18)5)40-24-22-23(16-13-17(27(30,31)32)19(28)20(29)21(16)33-24)38(35-34-22)15-8-11-37(12-9-15)25(39)41-26(2,3)4/h13-15,18H,6-12H2,1-5H3/t14-,18?/m0/s1. The lowest BCUT2D eigenvalue weighted by Gasteiger charge is -2.33. The van der Waals surface area contributed by atoms with Crippen molar-refractivity contribution >= 4 is 44.0 Å². The summed E-state index contributed by atoms with van der Waals surface area (Å²) in [5, 5.41) is 8.53. The van der Waals surface area contributed by atoms with Crippen molar-refractivity contribution < 1.29 is 31.8 Å². The van der Waals surface area contributed by atoms with Crippen molar-refractivity contribution in [3.63, 3.8) is 0 Å². The molecule has 2 saturated heterocycles. The van der Waals surface area contributed by atoms with Crippen LogP contribution in [0.25, 0.3) is 21.9 Å². The highest BCUT2D eigenvalue weighted by atomic mass is 79.9. The molecule has 2 aromatic heterocycles. The average Bonchev–Trinajstić information content (AvgIpc) is 3.52. The summed E-state index contributed by atoms with van der Waals surface area (Å²) in [5.74, 6) is -1.12. The minimum Gasteiger partial charge on any atom is -0.471 e. The predicted octanol–water partition coefficient (Wildman–Crippen LogP) is 6.33. The molecule has 41 heavy (non-hydrogen) atoms. The lowest BCUT2D eigenvalue weighted by Crippen LogP contribution is -2.42. The first-order valence-electron chi connectivity index (χ1n) is 13.6. The van der Waals surface area contributed by atoms with Gasteiger partial charge in [0.05, 0.1) is 16.1 Å². The van der Waals surface area contributed by atoms with E-state index in [1.807, 2.05) is 14.0 Å². The number of fused-ring (bicyclic) bond motifs is 3. The molecule has 0 N–H and O–H groups in total. The van der Waals surface area contributed by atoms with E-state index in [1.165, 1.54) is 4.68 Å². The third-order valence-corrected chi connectivity index (χ3v) is 8.51. The number of carbonyl (C=O) groups is 1. The van der Waals surface area contributed by atoms with Crippen LogP contribution in [0, 0.1) is 5.82 Å². The van der Waals surface area contributed by atoms with Crippen LogP contribution < -0.4 is 4.74 Å². The number of ether oxygens (including phenoxy) is 2. The number of amides is 1. The maximum absolute atomic E-state index is 15.6. The van der Waals surface area contributed by atoms with Crippen LogP contribution in [0.2, 0.25) is 0 Å². The molecule has 1 aromatic carbocycles. The maximum atomic E-state index is 15.6. The summed E-state index contributed by atoms with van der Waals surface area (Å²) in [6.07, 6.45) is -2.76. The Morgan fingerprint density at radius 3 is 2.39 bits per heavy atom. The number of benzene rings is 1. The molecule has 0 saturated carbocycles. The van der Waals surface area contributed by atoms with Gasteiger partial charge in [0.2, 0.25) is 5.88 Å². The summed E-state index contributed by atoms with van der Waals surface area (Å²) in [4.78, 5) is 20.7. The zero-order valence-electron chi connectivity index (χ0n) is 23.6. The second kappa shape index (κ2) is 10.8. The van der Waals surface area contributed by atoms with Gasteiger partial charge in [0, 0.05) is 24.5 Å². The Morgan fingerprint density at radius 1 is 1.12 bits per heavy atom. The van der Waals surface area contributed by atoms with Crippen molar-refractivity contribution in [2.75, 3.05) is 26.7 Å². The summed E-state index contributed by atoms with van der Waals surface area (Å²) in [6.45, 7) is 8.87. The number of hydrogen-bond donors (Lipinski definition) is 0. The van der Waals surface area contributed by atoms with E-state index in [1.54, 1.807) is 25.7 Å². The highest BCUT2D eigenvalue weighted by Crippen LogP contribution is 2.42. The van der Waals surface area contributed by atoms with E-state index in [0.717, 1.165) is 25.5 Å². The molecule has 0 radical (unpaired) electrons. The number of halogens is 5. The van der Waals surface area contributed by atoms with Gasteiger partial charge < -0.3 is 14.4 Å². The van der Waals surface area contributed by atoms with E-state index < -0.39 is 33.7 Å². The molecular formula is C27H33BrF4N6O3. The fourth-order valence-electron chi connectivity index (χ4n) is 5.70. The number of likely N-dealkylation sites (tertiary alicyclic amines) is 2. The molecule has 4 heterocycles. The number of rotatable bonds is 4. The number of nitrogens with zero attached hydrogens (tertiary/aromatic N) is 6. The van der Waals surface area contributed by atoms with Crippen LogP contribution in [0.15, 0.2) is 10.5 Å². The van der Waals surface area contributed by atoms with Gasteiger partial charge in [-0.2, -0.15) is 13.2 Å². The molecule has 0 aliphatic carbocycles. The number of pyridine rings is 1. The molecule has 0 spiro atoms. The van der Waals surface area contributed by atoms with E-state index in [4.69, 9.17) is 9.47 Å². The molecule has 1 unspecified atom stereocenters. The second-order valence-electron chi connectivity index (χ2n) is 11.8. The van der Waals surface area contributed by atoms with E-state index >= 15 is 4.39 Å². The quantitative estimate of drug-likeness (QED) is 0.307. The minimum absolute atomic E-state index is 0.0169. The zero-order chi connectivity index (χ0) is 29.9. The molecule has 3 aromatic rings. The van der Waals surface area contributed by atoms with Crippen LogP contribution in [0.3, 0.4) is 0 Å². The van der Waals surface area contributed by atoms with Crippen molar-refractivity contribution in [2.45, 2.75) is 83.3 Å². The van der Waals surface area contributed by atoms with Crippen molar-refractivity contribution in [3.8, 4) is 5.88 Å². The number of likely N-dealkylation sites (N-methyl/N-ethyl adjacent to an activating group) is 1. The van der Waals surface area contributed by atoms with Gasteiger partial charge in [0.1, 0.15) is 22.7 Å². The zero-order valence-corrected chi connectivity index (χ0v) is 25.1. The third kappa shape index (κ3) is 5.81. The van der Waals surface area contributed by atoms with Gasteiger partial charge in [-0.05, 0) is 89.0 Å². The largest absolute Gasteiger partial charge is 0.471 e. The Labute approximate surface area is 243 Å². The maximum Gasteiger partial charge on any atom is 0.417 e. The van der Waals surface area contributed by atoms with Crippen molar-refractivity contribution in [1.82, 2.24) is 29.8 Å². The Morgan fingerprint density at radius 2 is 1.80 bits per heavy atom. The van der Waals surface area contributed by atoms with Gasteiger partial charge >= 0.3 is 12.3 Å². The molecule has 9 nitrogen and oxygen atoms in total. The summed E-state index contributed by atoms with van der Waals surface area (Å²) in [7, 11) is 2.00. The van der Waals surface area contributed by atoms with Crippen LogP contribution in [-0.4, -0.2) is 80.3 Å². The van der Waals surface area contributed by atoms with Gasteiger partial charge in [-0.3, -0.25) is 4.90 Å². The number of aromatic nitrogens is 4. The molecular weight excluding hydrogens is 612 g/mol. The normalized spacial score (nSPS) is 20.2. The first-order chi connectivity index (χ1) is 19.2. The summed E-state index contributed by atoms with van der Waals surface area (Å²) >= 11 is 2.80. The summed E-state index contributed by atoms with van der Waals surface area (Å²) in [6, 6.07) is 0.668. The molecule has 2 aliphatic heterocycles. The van der Waals surface area contributed by atoms with E-state index in [2.05, 4.69) is 36.1 Å². The van der Waals surface area contributed by atoms with Crippen molar-refractivity contribution in [3.05, 3.63) is 21.9 Å². The highest BCUT2D eigenvalue weighted by Gasteiger charge is 2.37. The third-order valence-electron chi connectivity index (χ3n) is 7.73. The fraction of sp³-hybridized carbons (Fsp3) is 0.630. The van der Waals surface area contributed by atoms with Crippen LogP contribution in [0.1, 0.15) is 65.0 Å². The lowest BCUT2D eigenvalue weighted by molar-refractivity contribution is -0.138. The first kappa shape index (κ1) is 29.7. The molecule has 1 amide bonds. The van der Waals surface area contributed by atoms with Crippen LogP contribution in [-0.2, 0) is 10.9 Å². The second-order valence-corrected chi connectivity index (χ2v) is 12.6. The number of alkyl halides is 3. The Balaban J connectivity index is 1.58. The number of hydrogen-bond acceptors (Lipinski definition) is 7. The topological polar surface area (TPSA) is 85.6 Å². The number of piperidine rings is 1. The van der Waals surface area contributed by atoms with Gasteiger partial charge in [-0.1, -0.05) is 5.21 Å². The molecule has 14 heteroatoms. The van der Waals surface area contributed by atoms with Crippen LogP contribution in [0.5, 0.6) is 5.88 Å². The number of carbonyl (C=O) groups excluding carboxylic acids is 1. The van der Waals surface area contributed by atoms with Crippen LogP contribution >= 0.6 is 15.9 Å². The summed E-state index contributed by atoms with van der Waals surface area (Å²) < 4.78 is 69.8. The smallest absolute Gasteiger partial charge is 0.417 e. The SMILES string of the molecule is C[C@H](Oc1nc2c(F)c(Br)c(C(F)(F)F)cc2c2c1nnn2C1CCN(C(=O)OC(C)(C)C)CC1)C1CCCN1C. The van der Waals surface area contributed by atoms with Crippen molar-refractivity contribution in [1.29, 1.82) is 0 Å². The van der Waals surface area contributed by atoms with Gasteiger partial charge in [0.25, 0.3) is 0 Å². The van der Waals surface area contributed by atoms with Crippen LogP contribution in [0.4, 0.5) is 22.4 Å². The first-order valence-corrected chi connectivity index (χ1v) is 14.4. The fourth-order valence-corrected chi connectivity index (χ4v) is 6.22. The van der Waals surface area contributed by atoms with E-state index in [9.17, 15) is 18.0 Å². The van der Waals surface area contributed by atoms with Crippen molar-refractivity contribution in [2.24, 2.45) is 0 Å². The minimum atomic E-state index is -4.81. The predicted molar refractivity (Wildman–Crippen MR) is 147 cm³/mol. The van der Waals surface area contributed by atoms with E-state index in [0.29, 0.717) is 25.9 Å². The molecule has 224 valence electrons. The Kier molecular flexibility index (Phi) is 7.86. The van der Waals surface area contributed by atoms with Gasteiger partial charge in [-0.15, -0.1) is 5.10 Å².